The van der Waals surface area contributed by atoms with Crippen molar-refractivity contribution in [3.63, 3.8) is 0 Å². The Labute approximate surface area is 419 Å². The Morgan fingerprint density at radius 2 is 0.826 bits per heavy atom. The van der Waals surface area contributed by atoms with Crippen LogP contribution in [0, 0.1) is 0 Å². The molecule has 1 amide bonds. The predicted octanol–water partition coefficient (Wildman–Crippen LogP) is 8.95. The highest BCUT2D eigenvalue weighted by Gasteiger charge is 2.51. The van der Waals surface area contributed by atoms with E-state index in [4.69, 9.17) is 18.9 Å². The molecular formula is C55H107NO13. The minimum absolute atomic E-state index is 0.206. The van der Waals surface area contributed by atoms with Gasteiger partial charge in [0.25, 0.3) is 0 Å². The SMILES string of the molecule is CCCCCCCCCCCCCCCCCCCCCCCCCCCCC(O)C(COC1OC(CO)C(OC2OC(CO)C(O)C(O)C2O)C(O)C1O)NC(=O)CCCCCCCCCCC. The van der Waals surface area contributed by atoms with Gasteiger partial charge in [-0.15, -0.1) is 0 Å². The van der Waals surface area contributed by atoms with Gasteiger partial charge in [-0.3, -0.25) is 4.79 Å². The zero-order valence-corrected chi connectivity index (χ0v) is 43.8. The molecule has 2 aliphatic rings. The zero-order chi connectivity index (χ0) is 50.3. The Morgan fingerprint density at radius 3 is 1.23 bits per heavy atom. The van der Waals surface area contributed by atoms with Crippen LogP contribution in [0.25, 0.3) is 0 Å². The first-order valence-electron chi connectivity index (χ1n) is 28.8. The number of amides is 1. The van der Waals surface area contributed by atoms with E-state index in [1.54, 1.807) is 0 Å². The molecule has 0 aromatic heterocycles. The molecule has 2 fully saturated rings. The molecule has 0 aromatic carbocycles. The summed E-state index contributed by atoms with van der Waals surface area (Å²) in [5, 5.41) is 87.0. The highest BCUT2D eigenvalue weighted by molar-refractivity contribution is 5.76. The number of unbranched alkanes of at least 4 members (excludes halogenated alkanes) is 33. The monoisotopic (exact) mass is 990 g/mol. The average Bonchev–Trinajstić information content (AvgIpc) is 3.35. The number of aliphatic hydroxyl groups excluding tert-OH is 8. The van der Waals surface area contributed by atoms with Crippen LogP contribution in [0.5, 0.6) is 0 Å². The molecule has 69 heavy (non-hydrogen) atoms. The van der Waals surface area contributed by atoms with Crippen LogP contribution in [-0.2, 0) is 23.7 Å². The molecule has 0 bridgehead atoms. The Morgan fingerprint density at radius 1 is 0.464 bits per heavy atom. The largest absolute Gasteiger partial charge is 0.394 e. The number of ether oxygens (including phenoxy) is 4. The van der Waals surface area contributed by atoms with Gasteiger partial charge in [-0.2, -0.15) is 0 Å². The average molecular weight is 990 g/mol. The van der Waals surface area contributed by atoms with Crippen molar-refractivity contribution in [2.45, 2.75) is 325 Å². The Hall–Kier alpha value is -1.01. The summed E-state index contributed by atoms with van der Waals surface area (Å²) in [6.07, 6.45) is 28.5. The first kappa shape index (κ1) is 64.1. The van der Waals surface area contributed by atoms with Crippen LogP contribution in [0.15, 0.2) is 0 Å². The van der Waals surface area contributed by atoms with Gasteiger partial charge in [-0.25, -0.2) is 0 Å². The molecular weight excluding hydrogens is 883 g/mol. The molecule has 14 heteroatoms. The summed E-state index contributed by atoms with van der Waals surface area (Å²) in [5.74, 6) is -0.206. The lowest BCUT2D eigenvalue weighted by atomic mass is 9.97. The second kappa shape index (κ2) is 42.4. The molecule has 410 valence electrons. The number of carbonyl (C=O) groups is 1. The van der Waals surface area contributed by atoms with E-state index in [-0.39, 0.29) is 12.5 Å². The maximum atomic E-state index is 13.1. The molecule has 14 nitrogen and oxygen atoms in total. The third-order valence-corrected chi connectivity index (χ3v) is 14.6. The van der Waals surface area contributed by atoms with Crippen molar-refractivity contribution in [3.05, 3.63) is 0 Å². The number of carbonyl (C=O) groups excluding carboxylic acids is 1. The second-order valence-electron chi connectivity index (χ2n) is 20.8. The van der Waals surface area contributed by atoms with Gasteiger partial charge in [0, 0.05) is 6.42 Å². The van der Waals surface area contributed by atoms with Gasteiger partial charge in [-0.05, 0) is 12.8 Å². The molecule has 2 aliphatic heterocycles. The molecule has 2 heterocycles. The molecule has 12 unspecified atom stereocenters. The highest BCUT2D eigenvalue weighted by atomic mass is 16.7. The molecule has 0 radical (unpaired) electrons. The van der Waals surface area contributed by atoms with Crippen LogP contribution in [-0.4, -0.2) is 140 Å². The Balaban J connectivity index is 1.68. The Kier molecular flexibility index (Phi) is 39.4. The van der Waals surface area contributed by atoms with E-state index in [0.717, 1.165) is 51.4 Å². The standard InChI is InChI=1S/C55H107NO13/c1-3-5-7-9-11-13-14-15-16-17-18-19-20-21-22-23-24-25-26-27-28-29-31-32-34-36-38-44(59)43(56-47(60)39-37-35-33-30-12-10-8-6-4-2)42-66-54-52(65)50(63)53(46(41-58)68-54)69-55-51(64)49(62)48(61)45(40-57)67-55/h43-46,48-55,57-59,61-65H,3-42H2,1-2H3,(H,56,60). The minimum atomic E-state index is -1.78. The topological polar surface area (TPSA) is 228 Å². The third-order valence-electron chi connectivity index (χ3n) is 14.6. The summed E-state index contributed by atoms with van der Waals surface area (Å²) >= 11 is 0. The number of hydrogen-bond donors (Lipinski definition) is 9. The van der Waals surface area contributed by atoms with Crippen LogP contribution in [0.2, 0.25) is 0 Å². The smallest absolute Gasteiger partial charge is 0.220 e. The fourth-order valence-corrected chi connectivity index (χ4v) is 9.89. The summed E-state index contributed by atoms with van der Waals surface area (Å²) < 4.78 is 22.8. The van der Waals surface area contributed by atoms with Crippen molar-refractivity contribution in [2.24, 2.45) is 0 Å². The lowest BCUT2D eigenvalue weighted by molar-refractivity contribution is -0.359. The van der Waals surface area contributed by atoms with Crippen LogP contribution in [0.3, 0.4) is 0 Å². The lowest BCUT2D eigenvalue weighted by Gasteiger charge is -2.46. The fraction of sp³-hybridized carbons (Fsp3) is 0.982. The van der Waals surface area contributed by atoms with E-state index in [1.807, 2.05) is 0 Å². The van der Waals surface area contributed by atoms with E-state index in [1.165, 1.54) is 173 Å². The van der Waals surface area contributed by atoms with Crippen molar-refractivity contribution in [1.82, 2.24) is 5.32 Å². The maximum Gasteiger partial charge on any atom is 0.220 e. The summed E-state index contributed by atoms with van der Waals surface area (Å²) in [5.41, 5.74) is 0. The highest BCUT2D eigenvalue weighted by Crippen LogP contribution is 2.30. The summed E-state index contributed by atoms with van der Waals surface area (Å²) in [6.45, 7) is 2.85. The molecule has 2 saturated heterocycles. The fourth-order valence-electron chi connectivity index (χ4n) is 9.89. The number of aliphatic hydroxyl groups is 8. The van der Waals surface area contributed by atoms with Gasteiger partial charge in [-0.1, -0.05) is 232 Å². The van der Waals surface area contributed by atoms with Crippen molar-refractivity contribution >= 4 is 5.91 Å². The quantitative estimate of drug-likeness (QED) is 0.0260. The van der Waals surface area contributed by atoms with Crippen molar-refractivity contribution in [1.29, 1.82) is 0 Å². The normalized spacial score (nSPS) is 26.1. The Bertz CT molecular complexity index is 1170. The van der Waals surface area contributed by atoms with Gasteiger partial charge < -0.3 is 65.1 Å². The minimum Gasteiger partial charge on any atom is -0.394 e. The van der Waals surface area contributed by atoms with Crippen molar-refractivity contribution in [2.75, 3.05) is 19.8 Å². The number of hydrogen-bond acceptors (Lipinski definition) is 13. The van der Waals surface area contributed by atoms with Crippen molar-refractivity contribution < 1.29 is 64.6 Å². The molecule has 0 aliphatic carbocycles. The molecule has 12 atom stereocenters. The van der Waals surface area contributed by atoms with Crippen LogP contribution in [0.4, 0.5) is 0 Å². The van der Waals surface area contributed by atoms with Crippen molar-refractivity contribution in [3.8, 4) is 0 Å². The summed E-state index contributed by atoms with van der Waals surface area (Å²) in [7, 11) is 0. The molecule has 9 N–H and O–H groups in total. The summed E-state index contributed by atoms with van der Waals surface area (Å²) in [6, 6.07) is -0.820. The zero-order valence-electron chi connectivity index (χ0n) is 43.8. The first-order valence-corrected chi connectivity index (χ1v) is 28.8. The van der Waals surface area contributed by atoms with Gasteiger partial charge in [0.2, 0.25) is 5.91 Å². The van der Waals surface area contributed by atoms with Gasteiger partial charge in [0.1, 0.15) is 48.8 Å². The number of rotatable bonds is 46. The molecule has 0 spiro atoms. The maximum absolute atomic E-state index is 13.1. The van der Waals surface area contributed by atoms with E-state index in [0.29, 0.717) is 12.8 Å². The van der Waals surface area contributed by atoms with Crippen LogP contribution >= 0.6 is 0 Å². The van der Waals surface area contributed by atoms with Gasteiger partial charge in [0.15, 0.2) is 12.6 Å². The predicted molar refractivity (Wildman–Crippen MR) is 272 cm³/mol. The molecule has 0 saturated carbocycles. The second-order valence-corrected chi connectivity index (χ2v) is 20.8. The van der Waals surface area contributed by atoms with E-state index < -0.39 is 86.8 Å². The molecule has 2 rings (SSSR count). The third kappa shape index (κ3) is 28.9. The summed E-state index contributed by atoms with van der Waals surface area (Å²) in [4.78, 5) is 13.1. The molecule has 0 aromatic rings. The lowest BCUT2D eigenvalue weighted by Crippen LogP contribution is -2.65. The van der Waals surface area contributed by atoms with E-state index >= 15 is 0 Å². The van der Waals surface area contributed by atoms with Crippen LogP contribution < -0.4 is 5.32 Å². The van der Waals surface area contributed by atoms with Crippen LogP contribution in [0.1, 0.15) is 251 Å². The van der Waals surface area contributed by atoms with Gasteiger partial charge >= 0.3 is 0 Å². The number of nitrogens with one attached hydrogen (secondary N) is 1. The van der Waals surface area contributed by atoms with Gasteiger partial charge in [0.05, 0.1) is 32.0 Å². The van der Waals surface area contributed by atoms with E-state index in [2.05, 4.69) is 19.2 Å². The van der Waals surface area contributed by atoms with E-state index in [9.17, 15) is 45.6 Å². The first-order chi connectivity index (χ1) is 33.6.